The number of benzene rings is 2. The summed E-state index contributed by atoms with van der Waals surface area (Å²) in [6, 6.07) is 9.11. The molecular weight excluding hydrogens is 312 g/mol. The van der Waals surface area contributed by atoms with Crippen molar-refractivity contribution in [1.82, 2.24) is 0 Å². The minimum absolute atomic E-state index is 0.0392. The first-order valence-electron chi connectivity index (χ1n) is 5.93. The van der Waals surface area contributed by atoms with Crippen molar-refractivity contribution >= 4 is 15.9 Å². The maximum atomic E-state index is 13.6. The van der Waals surface area contributed by atoms with Gasteiger partial charge in [0.2, 0.25) is 0 Å². The molecule has 0 radical (unpaired) electrons. The van der Waals surface area contributed by atoms with Gasteiger partial charge in [-0.05, 0) is 48.7 Å². The fourth-order valence-corrected chi connectivity index (χ4v) is 2.59. The van der Waals surface area contributed by atoms with Crippen molar-refractivity contribution in [1.29, 1.82) is 0 Å². The zero-order chi connectivity index (χ0) is 14.0. The number of aryl methyl sites for hydroxylation is 1. The fourth-order valence-electron chi connectivity index (χ4n) is 2.11. The van der Waals surface area contributed by atoms with Crippen molar-refractivity contribution in [3.63, 3.8) is 0 Å². The summed E-state index contributed by atoms with van der Waals surface area (Å²) in [5.74, 6) is -1.10. The van der Waals surface area contributed by atoms with Crippen LogP contribution in [-0.2, 0) is 6.42 Å². The van der Waals surface area contributed by atoms with Gasteiger partial charge in [-0.25, -0.2) is 8.78 Å². The maximum Gasteiger partial charge on any atom is 0.129 e. The zero-order valence-corrected chi connectivity index (χ0v) is 12.0. The van der Waals surface area contributed by atoms with Crippen molar-refractivity contribution in [3.8, 4) is 0 Å². The lowest BCUT2D eigenvalue weighted by Crippen LogP contribution is -2.16. The highest BCUT2D eigenvalue weighted by Crippen LogP contribution is 2.24. The van der Waals surface area contributed by atoms with Gasteiger partial charge in [-0.1, -0.05) is 28.1 Å². The van der Waals surface area contributed by atoms with E-state index in [4.69, 9.17) is 5.73 Å². The molecule has 100 valence electrons. The number of hydrogen-bond donors (Lipinski definition) is 1. The molecule has 0 fully saturated rings. The van der Waals surface area contributed by atoms with E-state index in [1.165, 1.54) is 18.2 Å². The molecule has 1 nitrogen and oxygen atoms in total. The van der Waals surface area contributed by atoms with Crippen LogP contribution in [0.4, 0.5) is 8.78 Å². The molecule has 1 unspecified atom stereocenters. The van der Waals surface area contributed by atoms with E-state index in [0.717, 1.165) is 15.6 Å². The lowest BCUT2D eigenvalue weighted by Gasteiger charge is -2.16. The first-order valence-corrected chi connectivity index (χ1v) is 6.73. The molecule has 0 bridgehead atoms. The molecular formula is C15H14BrF2N. The van der Waals surface area contributed by atoms with Crippen LogP contribution in [0.25, 0.3) is 0 Å². The number of rotatable bonds is 3. The molecule has 2 rings (SSSR count). The highest BCUT2D eigenvalue weighted by molar-refractivity contribution is 9.10. The Morgan fingerprint density at radius 3 is 2.37 bits per heavy atom. The Hall–Kier alpha value is -1.26. The summed E-state index contributed by atoms with van der Waals surface area (Å²) < 4.78 is 28.1. The maximum absolute atomic E-state index is 13.6. The van der Waals surface area contributed by atoms with Gasteiger partial charge in [0.05, 0.1) is 0 Å². The fraction of sp³-hybridized carbons (Fsp3) is 0.200. The topological polar surface area (TPSA) is 26.0 Å². The van der Waals surface area contributed by atoms with Crippen LogP contribution in [-0.4, -0.2) is 0 Å². The molecule has 0 heterocycles. The Bertz CT molecular complexity index is 578. The van der Waals surface area contributed by atoms with Crippen molar-refractivity contribution < 1.29 is 8.78 Å². The van der Waals surface area contributed by atoms with Crippen LogP contribution in [0.5, 0.6) is 0 Å². The van der Waals surface area contributed by atoms with Crippen molar-refractivity contribution in [2.75, 3.05) is 0 Å². The normalized spacial score (nSPS) is 12.5. The summed E-state index contributed by atoms with van der Waals surface area (Å²) in [5, 5.41) is 0. The van der Waals surface area contributed by atoms with E-state index in [1.54, 1.807) is 0 Å². The average Bonchev–Trinajstić information content (AvgIpc) is 2.33. The Labute approximate surface area is 119 Å². The first-order chi connectivity index (χ1) is 8.99. The predicted octanol–water partition coefficient (Wildman–Crippen LogP) is 4.28. The smallest absolute Gasteiger partial charge is 0.129 e. The molecule has 0 saturated carbocycles. The van der Waals surface area contributed by atoms with Crippen LogP contribution in [0.15, 0.2) is 40.9 Å². The molecule has 0 aliphatic rings. The lowest BCUT2D eigenvalue weighted by molar-refractivity contribution is 0.539. The standard InChI is InChI=1S/C15H14BrF2N/c1-9-7-10(16)5-6-11(9)15(19)8-12-13(17)3-2-4-14(12)18/h2-7,15H,8,19H2,1H3. The van der Waals surface area contributed by atoms with Gasteiger partial charge in [0.15, 0.2) is 0 Å². The number of hydrogen-bond acceptors (Lipinski definition) is 1. The summed E-state index contributed by atoms with van der Waals surface area (Å²) in [4.78, 5) is 0. The van der Waals surface area contributed by atoms with Crippen LogP contribution in [0.3, 0.4) is 0 Å². The van der Waals surface area contributed by atoms with Gasteiger partial charge in [0, 0.05) is 16.1 Å². The molecule has 2 aromatic rings. The average molecular weight is 326 g/mol. The van der Waals surface area contributed by atoms with Gasteiger partial charge in [-0.3, -0.25) is 0 Å². The summed E-state index contributed by atoms with van der Waals surface area (Å²) in [6.45, 7) is 1.93. The number of halogens is 3. The first kappa shape index (κ1) is 14.2. The summed E-state index contributed by atoms with van der Waals surface area (Å²) >= 11 is 3.37. The summed E-state index contributed by atoms with van der Waals surface area (Å²) in [5.41, 5.74) is 8.00. The SMILES string of the molecule is Cc1cc(Br)ccc1C(N)Cc1c(F)cccc1F. The monoisotopic (exact) mass is 325 g/mol. The molecule has 0 aliphatic carbocycles. The quantitative estimate of drug-likeness (QED) is 0.895. The van der Waals surface area contributed by atoms with E-state index in [9.17, 15) is 8.78 Å². The molecule has 2 N–H and O–H groups in total. The van der Waals surface area contributed by atoms with Crippen LogP contribution in [0.2, 0.25) is 0 Å². The molecule has 2 aromatic carbocycles. The highest BCUT2D eigenvalue weighted by Gasteiger charge is 2.15. The lowest BCUT2D eigenvalue weighted by atomic mass is 9.96. The molecule has 4 heteroatoms. The predicted molar refractivity (Wildman–Crippen MR) is 75.9 cm³/mol. The Morgan fingerprint density at radius 1 is 1.16 bits per heavy atom. The molecule has 0 spiro atoms. The van der Waals surface area contributed by atoms with Gasteiger partial charge < -0.3 is 5.73 Å². The van der Waals surface area contributed by atoms with E-state index in [-0.39, 0.29) is 12.0 Å². The van der Waals surface area contributed by atoms with Gasteiger partial charge in [-0.2, -0.15) is 0 Å². The molecule has 1 atom stereocenters. The second-order valence-corrected chi connectivity index (χ2v) is 5.43. The van der Waals surface area contributed by atoms with E-state index < -0.39 is 17.7 Å². The van der Waals surface area contributed by atoms with E-state index in [2.05, 4.69) is 15.9 Å². The Kier molecular flexibility index (Phi) is 4.32. The zero-order valence-electron chi connectivity index (χ0n) is 10.5. The third kappa shape index (κ3) is 3.19. The molecule has 0 amide bonds. The van der Waals surface area contributed by atoms with Crippen LogP contribution >= 0.6 is 15.9 Å². The van der Waals surface area contributed by atoms with E-state index in [0.29, 0.717) is 0 Å². The Morgan fingerprint density at radius 2 is 1.79 bits per heavy atom. The molecule has 0 aliphatic heterocycles. The van der Waals surface area contributed by atoms with Gasteiger partial charge >= 0.3 is 0 Å². The van der Waals surface area contributed by atoms with Gasteiger partial charge in [0.25, 0.3) is 0 Å². The Balaban J connectivity index is 2.28. The minimum atomic E-state index is -0.551. The van der Waals surface area contributed by atoms with Crippen LogP contribution in [0.1, 0.15) is 22.7 Å². The van der Waals surface area contributed by atoms with Crippen LogP contribution in [0, 0.1) is 18.6 Å². The third-order valence-corrected chi connectivity index (χ3v) is 3.61. The number of nitrogens with two attached hydrogens (primary N) is 1. The minimum Gasteiger partial charge on any atom is -0.324 e. The largest absolute Gasteiger partial charge is 0.324 e. The summed E-state index contributed by atoms with van der Waals surface area (Å²) in [7, 11) is 0. The molecule has 19 heavy (non-hydrogen) atoms. The summed E-state index contributed by atoms with van der Waals surface area (Å²) in [6.07, 6.45) is 0.140. The van der Waals surface area contributed by atoms with Gasteiger partial charge in [0.1, 0.15) is 11.6 Å². The van der Waals surface area contributed by atoms with Crippen molar-refractivity contribution in [2.45, 2.75) is 19.4 Å². The second kappa shape index (κ2) is 5.80. The van der Waals surface area contributed by atoms with E-state index >= 15 is 0 Å². The van der Waals surface area contributed by atoms with Crippen molar-refractivity contribution in [2.24, 2.45) is 5.73 Å². The molecule has 0 saturated heterocycles. The highest BCUT2D eigenvalue weighted by atomic mass is 79.9. The third-order valence-electron chi connectivity index (χ3n) is 3.12. The van der Waals surface area contributed by atoms with E-state index in [1.807, 2.05) is 25.1 Å². The van der Waals surface area contributed by atoms with Gasteiger partial charge in [-0.15, -0.1) is 0 Å². The van der Waals surface area contributed by atoms with Crippen molar-refractivity contribution in [3.05, 3.63) is 69.2 Å². The molecule has 0 aromatic heterocycles. The van der Waals surface area contributed by atoms with Crippen LogP contribution < -0.4 is 5.73 Å². The second-order valence-electron chi connectivity index (χ2n) is 4.51.